The molecule has 0 amide bonds. The van der Waals surface area contributed by atoms with E-state index in [9.17, 15) is 4.79 Å². The van der Waals surface area contributed by atoms with Gasteiger partial charge in [0.2, 0.25) is 0 Å². The summed E-state index contributed by atoms with van der Waals surface area (Å²) >= 11 is 1.62. The van der Waals surface area contributed by atoms with Crippen molar-refractivity contribution in [1.82, 2.24) is 4.98 Å². The average Bonchev–Trinajstić information content (AvgIpc) is 2.66. The minimum absolute atomic E-state index is 0.245. The molecule has 0 spiro atoms. The highest BCUT2D eigenvalue weighted by atomic mass is 32.1. The molecule has 1 heterocycles. The third-order valence-electron chi connectivity index (χ3n) is 2.02. The van der Waals surface area contributed by atoms with Gasteiger partial charge in [0.25, 0.3) is 0 Å². The van der Waals surface area contributed by atoms with Crippen molar-refractivity contribution in [2.24, 2.45) is 0 Å². The molecule has 4 nitrogen and oxygen atoms in total. The monoisotopic (exact) mass is 237 g/mol. The van der Waals surface area contributed by atoms with E-state index in [0.717, 1.165) is 15.2 Å². The molecule has 0 radical (unpaired) electrons. The van der Waals surface area contributed by atoms with Crippen LogP contribution in [0.4, 0.5) is 0 Å². The Bertz CT molecular complexity index is 462. The Morgan fingerprint density at radius 3 is 3.00 bits per heavy atom. The largest absolute Gasteiger partial charge is 0.480 e. The fraction of sp³-hybridized carbons (Fsp3) is 0.273. The Balaban J connectivity index is 1.92. The molecule has 2 aromatic rings. The highest BCUT2D eigenvalue weighted by molar-refractivity contribution is 7.18. The first kappa shape index (κ1) is 11.0. The molecule has 1 aromatic carbocycles. The zero-order valence-electron chi connectivity index (χ0n) is 8.55. The zero-order chi connectivity index (χ0) is 11.4. The number of fused-ring (bicyclic) bond motifs is 1. The van der Waals surface area contributed by atoms with Gasteiger partial charge in [-0.2, -0.15) is 0 Å². The maximum atomic E-state index is 10.2. The Morgan fingerprint density at radius 1 is 1.44 bits per heavy atom. The van der Waals surface area contributed by atoms with E-state index in [4.69, 9.17) is 9.84 Å². The van der Waals surface area contributed by atoms with E-state index in [1.807, 2.05) is 24.3 Å². The molecule has 0 unspecified atom stereocenters. The predicted octanol–water partition coefficient (Wildman–Crippen LogP) is 1.94. The molecule has 0 aliphatic carbocycles. The SMILES string of the molecule is O=C(O)COCCc1nc2ccccc2s1. The number of para-hydroxylation sites is 1. The lowest BCUT2D eigenvalue weighted by Crippen LogP contribution is -2.08. The van der Waals surface area contributed by atoms with Crippen molar-refractivity contribution < 1.29 is 14.6 Å². The lowest BCUT2D eigenvalue weighted by Gasteiger charge is -1.97. The number of nitrogens with zero attached hydrogens (tertiary/aromatic N) is 1. The van der Waals surface area contributed by atoms with E-state index >= 15 is 0 Å². The van der Waals surface area contributed by atoms with E-state index in [2.05, 4.69) is 4.98 Å². The van der Waals surface area contributed by atoms with Gasteiger partial charge in [0.15, 0.2) is 0 Å². The fourth-order valence-electron chi connectivity index (χ4n) is 1.35. The summed E-state index contributed by atoms with van der Waals surface area (Å²) in [6.45, 7) is 0.150. The van der Waals surface area contributed by atoms with Gasteiger partial charge in [0, 0.05) is 6.42 Å². The molecule has 1 aromatic heterocycles. The van der Waals surface area contributed by atoms with Crippen LogP contribution in [-0.4, -0.2) is 29.3 Å². The van der Waals surface area contributed by atoms with Crippen molar-refractivity contribution >= 4 is 27.5 Å². The smallest absolute Gasteiger partial charge is 0.329 e. The first-order valence-electron chi connectivity index (χ1n) is 4.90. The van der Waals surface area contributed by atoms with Crippen molar-refractivity contribution in [2.45, 2.75) is 6.42 Å². The molecular weight excluding hydrogens is 226 g/mol. The molecule has 0 aliphatic rings. The van der Waals surface area contributed by atoms with Gasteiger partial charge in [-0.1, -0.05) is 12.1 Å². The van der Waals surface area contributed by atoms with Gasteiger partial charge in [-0.15, -0.1) is 11.3 Å². The molecule has 0 saturated heterocycles. The van der Waals surface area contributed by atoms with Gasteiger partial charge in [0.1, 0.15) is 6.61 Å². The summed E-state index contributed by atoms with van der Waals surface area (Å²) in [7, 11) is 0. The second-order valence-corrected chi connectivity index (χ2v) is 4.39. The van der Waals surface area contributed by atoms with Gasteiger partial charge in [-0.05, 0) is 12.1 Å². The summed E-state index contributed by atoms with van der Waals surface area (Å²) in [6, 6.07) is 7.92. The highest BCUT2D eigenvalue weighted by Gasteiger charge is 2.03. The molecule has 84 valence electrons. The Labute approximate surface area is 96.5 Å². The van der Waals surface area contributed by atoms with Gasteiger partial charge in [-0.3, -0.25) is 0 Å². The summed E-state index contributed by atoms with van der Waals surface area (Å²) in [5.74, 6) is -0.940. The maximum absolute atomic E-state index is 10.2. The first-order valence-corrected chi connectivity index (χ1v) is 5.71. The number of aliphatic carboxylic acids is 1. The second kappa shape index (κ2) is 5.05. The van der Waals surface area contributed by atoms with E-state index < -0.39 is 5.97 Å². The molecule has 0 saturated carbocycles. The van der Waals surface area contributed by atoms with Crippen LogP contribution in [0.15, 0.2) is 24.3 Å². The van der Waals surface area contributed by atoms with E-state index in [1.165, 1.54) is 0 Å². The number of hydrogen-bond donors (Lipinski definition) is 1. The molecule has 5 heteroatoms. The number of benzene rings is 1. The lowest BCUT2D eigenvalue weighted by atomic mass is 10.3. The molecule has 0 aliphatic heterocycles. The molecular formula is C11H11NO3S. The summed E-state index contributed by atoms with van der Waals surface area (Å²) < 4.78 is 6.11. The molecule has 16 heavy (non-hydrogen) atoms. The van der Waals surface area contributed by atoms with Crippen LogP contribution in [0, 0.1) is 0 Å². The van der Waals surface area contributed by atoms with Gasteiger partial charge in [-0.25, -0.2) is 9.78 Å². The standard InChI is InChI=1S/C11H11NO3S/c13-11(14)7-15-6-5-10-12-8-3-1-2-4-9(8)16-10/h1-4H,5-7H2,(H,13,14). The van der Waals surface area contributed by atoms with E-state index in [0.29, 0.717) is 13.0 Å². The third kappa shape index (κ3) is 2.77. The quantitative estimate of drug-likeness (QED) is 0.807. The van der Waals surface area contributed by atoms with Crippen LogP contribution in [-0.2, 0) is 16.0 Å². The van der Waals surface area contributed by atoms with Crippen LogP contribution in [0.1, 0.15) is 5.01 Å². The maximum Gasteiger partial charge on any atom is 0.329 e. The predicted molar refractivity (Wildman–Crippen MR) is 61.8 cm³/mol. The van der Waals surface area contributed by atoms with E-state index in [1.54, 1.807) is 11.3 Å². The number of thiazole rings is 1. The minimum Gasteiger partial charge on any atom is -0.480 e. The van der Waals surface area contributed by atoms with Crippen LogP contribution < -0.4 is 0 Å². The van der Waals surface area contributed by atoms with Gasteiger partial charge in [0.05, 0.1) is 21.8 Å². The number of aromatic nitrogens is 1. The lowest BCUT2D eigenvalue weighted by molar-refractivity contribution is -0.142. The summed E-state index contributed by atoms with van der Waals surface area (Å²) in [5, 5.41) is 9.37. The zero-order valence-corrected chi connectivity index (χ0v) is 9.37. The average molecular weight is 237 g/mol. The summed E-state index contributed by atoms with van der Waals surface area (Å²) in [6.07, 6.45) is 0.659. The number of hydrogen-bond acceptors (Lipinski definition) is 4. The number of rotatable bonds is 5. The molecule has 2 rings (SSSR count). The molecule has 0 fully saturated rings. The third-order valence-corrected chi connectivity index (χ3v) is 3.12. The normalized spacial score (nSPS) is 10.8. The Morgan fingerprint density at radius 2 is 2.25 bits per heavy atom. The minimum atomic E-state index is -0.940. The van der Waals surface area contributed by atoms with Crippen LogP contribution >= 0.6 is 11.3 Å². The van der Waals surface area contributed by atoms with Gasteiger partial charge >= 0.3 is 5.97 Å². The Hall–Kier alpha value is -1.46. The number of carboxylic acid groups (broad SMARTS) is 1. The number of ether oxygens (including phenoxy) is 1. The topological polar surface area (TPSA) is 59.4 Å². The first-order chi connectivity index (χ1) is 7.75. The van der Waals surface area contributed by atoms with Crippen LogP contribution in [0.3, 0.4) is 0 Å². The van der Waals surface area contributed by atoms with E-state index in [-0.39, 0.29) is 6.61 Å². The molecule has 1 N–H and O–H groups in total. The molecule has 0 atom stereocenters. The van der Waals surface area contributed by atoms with Crippen LogP contribution in [0.2, 0.25) is 0 Å². The van der Waals surface area contributed by atoms with Crippen molar-refractivity contribution in [3.63, 3.8) is 0 Å². The number of carboxylic acids is 1. The fourth-order valence-corrected chi connectivity index (χ4v) is 2.29. The van der Waals surface area contributed by atoms with Crippen LogP contribution in [0.5, 0.6) is 0 Å². The Kier molecular flexibility index (Phi) is 3.48. The van der Waals surface area contributed by atoms with Crippen molar-refractivity contribution in [3.05, 3.63) is 29.3 Å². The van der Waals surface area contributed by atoms with Gasteiger partial charge < -0.3 is 9.84 Å². The second-order valence-electron chi connectivity index (χ2n) is 3.27. The van der Waals surface area contributed by atoms with Crippen molar-refractivity contribution in [1.29, 1.82) is 0 Å². The van der Waals surface area contributed by atoms with Crippen molar-refractivity contribution in [2.75, 3.05) is 13.2 Å². The summed E-state index contributed by atoms with van der Waals surface area (Å²) in [5.41, 5.74) is 0.987. The summed E-state index contributed by atoms with van der Waals surface area (Å²) in [4.78, 5) is 14.6. The number of carbonyl (C=O) groups is 1. The van der Waals surface area contributed by atoms with Crippen molar-refractivity contribution in [3.8, 4) is 0 Å². The van der Waals surface area contributed by atoms with Crippen LogP contribution in [0.25, 0.3) is 10.2 Å². The molecule has 0 bridgehead atoms. The highest BCUT2D eigenvalue weighted by Crippen LogP contribution is 2.21.